The number of nitrogens with one attached hydrogen (secondary N) is 3. The molecule has 8 heteroatoms. The number of pyridine rings is 1. The lowest BCUT2D eigenvalue weighted by molar-refractivity contribution is 0.0229. The van der Waals surface area contributed by atoms with E-state index in [4.69, 9.17) is 4.84 Å². The van der Waals surface area contributed by atoms with E-state index in [1.165, 1.54) is 30.3 Å². The molecule has 7 nitrogen and oxygen atoms in total. The summed E-state index contributed by atoms with van der Waals surface area (Å²) >= 11 is 0. The fourth-order valence-electron chi connectivity index (χ4n) is 2.43. The minimum atomic E-state index is -0.923. The van der Waals surface area contributed by atoms with Gasteiger partial charge in [-0.1, -0.05) is 18.2 Å². The van der Waals surface area contributed by atoms with Crippen molar-refractivity contribution in [1.82, 2.24) is 10.5 Å². The third-order valence-electron chi connectivity index (χ3n) is 3.68. The highest BCUT2D eigenvalue weighted by Gasteiger charge is 2.16. The van der Waals surface area contributed by atoms with Crippen molar-refractivity contribution in [2.75, 3.05) is 12.4 Å². The molecule has 0 radical (unpaired) electrons. The molecular weight excluding hydrogens is 341 g/mol. The van der Waals surface area contributed by atoms with Crippen molar-refractivity contribution in [2.45, 2.75) is 0 Å². The van der Waals surface area contributed by atoms with Crippen molar-refractivity contribution in [3.8, 4) is 0 Å². The molecule has 1 aromatic heterocycles. The zero-order valence-electron chi connectivity index (χ0n) is 13.6. The van der Waals surface area contributed by atoms with E-state index in [9.17, 15) is 18.8 Å². The molecule has 1 amide bonds. The summed E-state index contributed by atoms with van der Waals surface area (Å²) in [5.74, 6) is -2.23. The maximum atomic E-state index is 13.7. The second kappa shape index (κ2) is 7.06. The average Bonchev–Trinajstić information content (AvgIpc) is 2.65. The van der Waals surface area contributed by atoms with Gasteiger partial charge in [0.05, 0.1) is 16.8 Å². The summed E-state index contributed by atoms with van der Waals surface area (Å²) in [7, 11) is 1.58. The predicted molar refractivity (Wildman–Crippen MR) is 93.4 cm³/mol. The SMILES string of the molecule is CNc1cc(F)cc2cc(C(=O)NOC(=O)c3ccccc3)c(=O)[nH]c12. The molecule has 3 rings (SSSR count). The van der Waals surface area contributed by atoms with Gasteiger partial charge in [0.2, 0.25) is 0 Å². The van der Waals surface area contributed by atoms with Crippen LogP contribution in [0.1, 0.15) is 20.7 Å². The predicted octanol–water partition coefficient (Wildman–Crippen LogP) is 2.21. The van der Waals surface area contributed by atoms with Crippen LogP contribution < -0.4 is 16.4 Å². The number of hydrogen-bond acceptors (Lipinski definition) is 5. The molecule has 0 saturated carbocycles. The molecule has 0 atom stereocenters. The number of fused-ring (bicyclic) bond motifs is 1. The molecule has 0 unspecified atom stereocenters. The van der Waals surface area contributed by atoms with Crippen molar-refractivity contribution >= 4 is 28.5 Å². The second-order valence-electron chi connectivity index (χ2n) is 5.37. The second-order valence-corrected chi connectivity index (χ2v) is 5.37. The Morgan fingerprint density at radius 3 is 2.54 bits per heavy atom. The average molecular weight is 355 g/mol. The maximum Gasteiger partial charge on any atom is 0.362 e. The van der Waals surface area contributed by atoms with E-state index in [0.717, 1.165) is 0 Å². The Morgan fingerprint density at radius 1 is 1.12 bits per heavy atom. The lowest BCUT2D eigenvalue weighted by Gasteiger charge is -2.09. The third-order valence-corrected chi connectivity index (χ3v) is 3.68. The molecule has 26 heavy (non-hydrogen) atoms. The number of carbonyl (C=O) groups is 2. The molecule has 2 aromatic carbocycles. The fourth-order valence-corrected chi connectivity index (χ4v) is 2.43. The van der Waals surface area contributed by atoms with Crippen LogP contribution in [0.3, 0.4) is 0 Å². The van der Waals surface area contributed by atoms with E-state index in [1.54, 1.807) is 25.2 Å². The van der Waals surface area contributed by atoms with Crippen LogP contribution in [0, 0.1) is 5.82 Å². The molecule has 132 valence electrons. The number of hydroxylamine groups is 1. The van der Waals surface area contributed by atoms with E-state index in [0.29, 0.717) is 16.6 Å². The molecular formula is C18H14FN3O4. The van der Waals surface area contributed by atoms with Crippen molar-refractivity contribution in [1.29, 1.82) is 0 Å². The van der Waals surface area contributed by atoms with E-state index in [2.05, 4.69) is 10.3 Å². The Hall–Kier alpha value is -3.68. The summed E-state index contributed by atoms with van der Waals surface area (Å²) in [5.41, 5.74) is 1.88. The highest BCUT2D eigenvalue weighted by Crippen LogP contribution is 2.22. The van der Waals surface area contributed by atoms with Gasteiger partial charge in [-0.3, -0.25) is 9.59 Å². The summed E-state index contributed by atoms with van der Waals surface area (Å²) in [6.45, 7) is 0. The first-order chi connectivity index (χ1) is 12.5. The topological polar surface area (TPSA) is 100 Å². The normalized spacial score (nSPS) is 10.4. The molecule has 0 spiro atoms. The van der Waals surface area contributed by atoms with Crippen molar-refractivity contribution in [2.24, 2.45) is 0 Å². The van der Waals surface area contributed by atoms with Crippen molar-refractivity contribution < 1.29 is 18.8 Å². The zero-order chi connectivity index (χ0) is 18.7. The van der Waals surface area contributed by atoms with E-state index < -0.39 is 23.3 Å². The van der Waals surface area contributed by atoms with Gasteiger partial charge in [-0.25, -0.2) is 9.18 Å². The molecule has 0 bridgehead atoms. The smallest absolute Gasteiger partial charge is 0.362 e. The van der Waals surface area contributed by atoms with Gasteiger partial charge in [0.15, 0.2) is 0 Å². The first-order valence-electron chi connectivity index (χ1n) is 7.60. The van der Waals surface area contributed by atoms with Gasteiger partial charge in [-0.15, -0.1) is 0 Å². The monoisotopic (exact) mass is 355 g/mol. The Kier molecular flexibility index (Phi) is 4.66. The minimum absolute atomic E-state index is 0.237. The van der Waals surface area contributed by atoms with E-state index in [1.807, 2.05) is 5.48 Å². The first kappa shape index (κ1) is 17.2. The largest absolute Gasteiger partial charge is 0.386 e. The molecule has 0 aliphatic rings. The summed E-state index contributed by atoms with van der Waals surface area (Å²) in [6.07, 6.45) is 0. The van der Waals surface area contributed by atoms with Crippen LogP contribution in [0.4, 0.5) is 10.1 Å². The van der Waals surface area contributed by atoms with Gasteiger partial charge >= 0.3 is 5.97 Å². The number of aromatic amines is 1. The Morgan fingerprint density at radius 2 is 1.85 bits per heavy atom. The molecule has 0 saturated heterocycles. The molecule has 3 N–H and O–H groups in total. The Bertz CT molecular complexity index is 1050. The molecule has 3 aromatic rings. The number of halogens is 1. The Labute approximate surface area is 146 Å². The number of hydrogen-bond donors (Lipinski definition) is 3. The number of H-pyrrole nitrogens is 1. The standard InChI is InChI=1S/C18H14FN3O4/c1-20-14-9-12(19)7-11-8-13(16(23)21-15(11)14)17(24)22-26-18(25)10-5-3-2-4-6-10/h2-9,20H,1H3,(H,21,23)(H,22,24). The number of amides is 1. The molecule has 0 aliphatic heterocycles. The van der Waals surface area contributed by atoms with Crippen LogP contribution in [0.5, 0.6) is 0 Å². The Balaban J connectivity index is 1.85. The fraction of sp³-hybridized carbons (Fsp3) is 0.0556. The van der Waals surface area contributed by atoms with Gasteiger partial charge in [-0.05, 0) is 30.3 Å². The highest BCUT2D eigenvalue weighted by atomic mass is 19.1. The lowest BCUT2D eigenvalue weighted by atomic mass is 10.1. The van der Waals surface area contributed by atoms with Gasteiger partial charge < -0.3 is 15.1 Å². The van der Waals surface area contributed by atoms with Gasteiger partial charge in [0.25, 0.3) is 11.5 Å². The van der Waals surface area contributed by atoms with Gasteiger partial charge in [0.1, 0.15) is 11.4 Å². The quantitative estimate of drug-likeness (QED) is 0.626. The van der Waals surface area contributed by atoms with Gasteiger partial charge in [0, 0.05) is 12.4 Å². The molecule has 0 aliphatic carbocycles. The molecule has 1 heterocycles. The summed E-state index contributed by atoms with van der Waals surface area (Å²) in [5, 5.41) is 3.08. The first-order valence-corrected chi connectivity index (χ1v) is 7.60. The highest BCUT2D eigenvalue weighted by molar-refractivity contribution is 6.00. The number of rotatable bonds is 3. The van der Waals surface area contributed by atoms with Crippen molar-refractivity contribution in [3.05, 3.63) is 75.8 Å². The van der Waals surface area contributed by atoms with Gasteiger partial charge in [-0.2, -0.15) is 5.48 Å². The summed E-state index contributed by atoms with van der Waals surface area (Å²) in [4.78, 5) is 43.4. The van der Waals surface area contributed by atoms with Crippen LogP contribution in [0.25, 0.3) is 10.9 Å². The number of anilines is 1. The van der Waals surface area contributed by atoms with E-state index in [-0.39, 0.29) is 11.1 Å². The van der Waals surface area contributed by atoms with E-state index >= 15 is 0 Å². The van der Waals surface area contributed by atoms with Crippen LogP contribution >= 0.6 is 0 Å². The minimum Gasteiger partial charge on any atom is -0.386 e. The van der Waals surface area contributed by atoms with Crippen LogP contribution in [-0.2, 0) is 4.84 Å². The molecule has 0 fully saturated rings. The maximum absolute atomic E-state index is 13.7. The third kappa shape index (κ3) is 3.39. The summed E-state index contributed by atoms with van der Waals surface area (Å²) < 4.78 is 13.7. The number of carbonyl (C=O) groups excluding carboxylic acids is 2. The lowest BCUT2D eigenvalue weighted by Crippen LogP contribution is -2.31. The number of benzene rings is 2. The zero-order valence-corrected chi connectivity index (χ0v) is 13.6. The summed E-state index contributed by atoms with van der Waals surface area (Å²) in [6, 6.07) is 11.7. The van der Waals surface area contributed by atoms with Crippen LogP contribution in [-0.4, -0.2) is 23.9 Å². The van der Waals surface area contributed by atoms with Crippen molar-refractivity contribution in [3.63, 3.8) is 0 Å². The number of aromatic nitrogens is 1. The van der Waals surface area contributed by atoms with Crippen LogP contribution in [0.2, 0.25) is 0 Å². The van der Waals surface area contributed by atoms with Crippen LogP contribution in [0.15, 0.2) is 53.3 Å².